The third-order valence-corrected chi connectivity index (χ3v) is 3.61. The van der Waals surface area contributed by atoms with Gasteiger partial charge in [0, 0.05) is 7.11 Å². The zero-order valence-corrected chi connectivity index (χ0v) is 11.3. The van der Waals surface area contributed by atoms with Gasteiger partial charge in [-0.25, -0.2) is 0 Å². The van der Waals surface area contributed by atoms with E-state index in [9.17, 15) is 0 Å². The van der Waals surface area contributed by atoms with Crippen molar-refractivity contribution in [2.24, 2.45) is 0 Å². The van der Waals surface area contributed by atoms with Gasteiger partial charge in [-0.05, 0) is 29.2 Å². The van der Waals surface area contributed by atoms with Crippen LogP contribution >= 0.6 is 0 Å². The molecule has 0 unspecified atom stereocenters. The molecule has 1 aliphatic heterocycles. The van der Waals surface area contributed by atoms with E-state index in [2.05, 4.69) is 55.5 Å². The van der Waals surface area contributed by atoms with Gasteiger partial charge >= 0.3 is 0 Å². The highest BCUT2D eigenvalue weighted by molar-refractivity contribution is 5.67. The molecule has 3 rings (SSSR count). The van der Waals surface area contributed by atoms with Crippen molar-refractivity contribution in [1.82, 2.24) is 0 Å². The summed E-state index contributed by atoms with van der Waals surface area (Å²) in [5.74, 6) is 0. The highest BCUT2D eigenvalue weighted by atomic mass is 16.6. The third-order valence-electron chi connectivity index (χ3n) is 3.61. The summed E-state index contributed by atoms with van der Waals surface area (Å²) in [4.78, 5) is 0. The van der Waals surface area contributed by atoms with Crippen LogP contribution in [0.2, 0.25) is 0 Å². The summed E-state index contributed by atoms with van der Waals surface area (Å²) in [5, 5.41) is 0. The average molecular weight is 254 g/mol. The summed E-state index contributed by atoms with van der Waals surface area (Å²) in [7, 11) is 1.71. The highest BCUT2D eigenvalue weighted by Gasteiger charge is 2.39. The van der Waals surface area contributed by atoms with Crippen LogP contribution in [-0.4, -0.2) is 19.8 Å². The highest BCUT2D eigenvalue weighted by Crippen LogP contribution is 2.39. The summed E-state index contributed by atoms with van der Waals surface area (Å²) < 4.78 is 10.7. The molecule has 0 radical (unpaired) electrons. The minimum absolute atomic E-state index is 0.214. The maximum Gasteiger partial charge on any atom is 0.112 e. The lowest BCUT2D eigenvalue weighted by Gasteiger charge is -2.06. The first kappa shape index (κ1) is 12.4. The van der Waals surface area contributed by atoms with E-state index in [1.54, 1.807) is 7.11 Å². The first-order valence-electron chi connectivity index (χ1n) is 6.60. The van der Waals surface area contributed by atoms with Gasteiger partial charge in [0.25, 0.3) is 0 Å². The van der Waals surface area contributed by atoms with Crippen molar-refractivity contribution in [3.63, 3.8) is 0 Å². The molecule has 0 bridgehead atoms. The summed E-state index contributed by atoms with van der Waals surface area (Å²) in [6.07, 6.45) is 0.445. The van der Waals surface area contributed by atoms with Gasteiger partial charge in [-0.2, -0.15) is 0 Å². The number of ether oxygens (including phenoxy) is 2. The van der Waals surface area contributed by atoms with Crippen molar-refractivity contribution < 1.29 is 9.47 Å². The van der Waals surface area contributed by atoms with Crippen molar-refractivity contribution in [3.8, 4) is 11.1 Å². The minimum atomic E-state index is 0.214. The molecule has 0 saturated carbocycles. The first-order valence-corrected chi connectivity index (χ1v) is 6.60. The van der Waals surface area contributed by atoms with Crippen LogP contribution in [-0.2, 0) is 9.47 Å². The minimum Gasteiger partial charge on any atom is -0.382 e. The van der Waals surface area contributed by atoms with E-state index in [0.29, 0.717) is 6.61 Å². The van der Waals surface area contributed by atoms with Crippen LogP contribution in [0.25, 0.3) is 11.1 Å². The standard InChI is InChI=1S/C17H18O2/c1-12-5-3-4-6-15(12)13-7-9-14(10-8-13)17-16(19-17)11-18-2/h3-10,16-17H,11H2,1-2H3/t16-,17-/m0/s1. The second-order valence-corrected chi connectivity index (χ2v) is 4.99. The zero-order chi connectivity index (χ0) is 13.2. The Morgan fingerprint density at radius 2 is 1.79 bits per heavy atom. The van der Waals surface area contributed by atoms with Crippen LogP contribution in [0.4, 0.5) is 0 Å². The quantitative estimate of drug-likeness (QED) is 0.775. The molecule has 0 spiro atoms. The average Bonchev–Trinajstić information content (AvgIpc) is 3.19. The SMILES string of the molecule is COC[C@@H]1O[C@H]1c1ccc(-c2ccccc2C)cc1. The van der Waals surface area contributed by atoms with Gasteiger partial charge in [-0.3, -0.25) is 0 Å². The van der Waals surface area contributed by atoms with Gasteiger partial charge in [-0.15, -0.1) is 0 Å². The molecule has 1 aliphatic rings. The maximum absolute atomic E-state index is 5.59. The van der Waals surface area contributed by atoms with Gasteiger partial charge in [0.15, 0.2) is 0 Å². The van der Waals surface area contributed by atoms with Gasteiger partial charge in [-0.1, -0.05) is 48.5 Å². The lowest BCUT2D eigenvalue weighted by atomic mass is 9.99. The second-order valence-electron chi connectivity index (χ2n) is 4.99. The smallest absolute Gasteiger partial charge is 0.112 e. The number of rotatable bonds is 4. The normalized spacial score (nSPS) is 21.4. The van der Waals surface area contributed by atoms with E-state index >= 15 is 0 Å². The van der Waals surface area contributed by atoms with Crippen molar-refractivity contribution in [2.45, 2.75) is 19.1 Å². The molecule has 1 saturated heterocycles. The second kappa shape index (κ2) is 5.16. The van der Waals surface area contributed by atoms with Gasteiger partial charge in [0.1, 0.15) is 12.2 Å². The molecule has 98 valence electrons. The van der Waals surface area contributed by atoms with Crippen LogP contribution in [0, 0.1) is 6.92 Å². The van der Waals surface area contributed by atoms with E-state index in [-0.39, 0.29) is 12.2 Å². The summed E-state index contributed by atoms with van der Waals surface area (Å²) in [5.41, 5.74) is 5.08. The molecule has 2 aromatic rings. The fourth-order valence-corrected chi connectivity index (χ4v) is 2.48. The molecular weight excluding hydrogens is 236 g/mol. The fraction of sp³-hybridized carbons (Fsp3) is 0.294. The number of benzene rings is 2. The van der Waals surface area contributed by atoms with Gasteiger partial charge < -0.3 is 9.47 Å². The maximum atomic E-state index is 5.59. The first-order chi connectivity index (χ1) is 9.29. The number of aryl methyl sites for hydroxylation is 1. The molecule has 2 nitrogen and oxygen atoms in total. The number of hydrogen-bond acceptors (Lipinski definition) is 2. The van der Waals surface area contributed by atoms with E-state index in [1.165, 1.54) is 22.3 Å². The predicted octanol–water partition coefficient (Wildman–Crippen LogP) is 3.75. The van der Waals surface area contributed by atoms with Crippen LogP contribution in [0.3, 0.4) is 0 Å². The molecular formula is C17H18O2. The van der Waals surface area contributed by atoms with Crippen molar-refractivity contribution in [3.05, 3.63) is 59.7 Å². The van der Waals surface area contributed by atoms with Crippen LogP contribution in [0.5, 0.6) is 0 Å². The van der Waals surface area contributed by atoms with Gasteiger partial charge in [0.05, 0.1) is 6.61 Å². The lowest BCUT2D eigenvalue weighted by Crippen LogP contribution is -1.98. The molecule has 19 heavy (non-hydrogen) atoms. The van der Waals surface area contributed by atoms with E-state index in [4.69, 9.17) is 9.47 Å². The molecule has 2 atom stereocenters. The zero-order valence-electron chi connectivity index (χ0n) is 11.3. The molecule has 2 heteroatoms. The van der Waals surface area contributed by atoms with Crippen LogP contribution in [0.1, 0.15) is 17.2 Å². The Balaban J connectivity index is 1.79. The number of methoxy groups -OCH3 is 1. The number of epoxide rings is 1. The van der Waals surface area contributed by atoms with Crippen LogP contribution < -0.4 is 0 Å². The number of hydrogen-bond donors (Lipinski definition) is 0. The fourth-order valence-electron chi connectivity index (χ4n) is 2.48. The molecule has 0 aliphatic carbocycles. The molecule has 2 aromatic carbocycles. The molecule has 0 N–H and O–H groups in total. The Kier molecular flexibility index (Phi) is 3.36. The van der Waals surface area contributed by atoms with E-state index in [0.717, 1.165) is 0 Å². The monoisotopic (exact) mass is 254 g/mol. The topological polar surface area (TPSA) is 21.8 Å². The Labute approximate surface area is 114 Å². The van der Waals surface area contributed by atoms with Crippen molar-refractivity contribution >= 4 is 0 Å². The van der Waals surface area contributed by atoms with Crippen molar-refractivity contribution in [2.75, 3.05) is 13.7 Å². The molecule has 1 fully saturated rings. The largest absolute Gasteiger partial charge is 0.382 e. The summed E-state index contributed by atoms with van der Waals surface area (Å²) >= 11 is 0. The van der Waals surface area contributed by atoms with E-state index < -0.39 is 0 Å². The predicted molar refractivity (Wildman–Crippen MR) is 76.1 cm³/mol. The van der Waals surface area contributed by atoms with Crippen LogP contribution in [0.15, 0.2) is 48.5 Å². The summed E-state index contributed by atoms with van der Waals surface area (Å²) in [6, 6.07) is 17.1. The third kappa shape index (κ3) is 2.55. The van der Waals surface area contributed by atoms with Gasteiger partial charge in [0.2, 0.25) is 0 Å². The Morgan fingerprint density at radius 1 is 1.05 bits per heavy atom. The Morgan fingerprint density at radius 3 is 2.47 bits per heavy atom. The lowest BCUT2D eigenvalue weighted by molar-refractivity contribution is 0.171. The molecule has 0 amide bonds. The summed E-state index contributed by atoms with van der Waals surface area (Å²) in [6.45, 7) is 2.81. The molecule has 0 aromatic heterocycles. The molecule has 1 heterocycles. The Hall–Kier alpha value is -1.64. The van der Waals surface area contributed by atoms with E-state index in [1.807, 2.05) is 0 Å². The van der Waals surface area contributed by atoms with Crippen molar-refractivity contribution in [1.29, 1.82) is 0 Å². The Bertz CT molecular complexity index is 560.